The first-order chi connectivity index (χ1) is 13.7. The molecule has 2 heterocycles. The lowest BCUT2D eigenvalue weighted by molar-refractivity contribution is 0.589. The molecule has 2 aromatic carbocycles. The first-order valence-electron chi connectivity index (χ1n) is 9.38. The lowest BCUT2D eigenvalue weighted by Gasteiger charge is -2.31. The third-order valence-corrected chi connectivity index (χ3v) is 6.07. The molecule has 0 unspecified atom stereocenters. The summed E-state index contributed by atoms with van der Waals surface area (Å²) in [5, 5.41) is 14.2. The molecule has 0 aliphatic carbocycles. The van der Waals surface area contributed by atoms with E-state index in [2.05, 4.69) is 51.0 Å². The fourth-order valence-corrected chi connectivity index (χ4v) is 4.29. The van der Waals surface area contributed by atoms with E-state index >= 15 is 0 Å². The number of alkyl halides is 1. The highest BCUT2D eigenvalue weighted by Gasteiger charge is 2.23. The van der Waals surface area contributed by atoms with Crippen LogP contribution in [0.5, 0.6) is 0 Å². The van der Waals surface area contributed by atoms with Gasteiger partial charge in [-0.05, 0) is 23.3 Å². The van der Waals surface area contributed by atoms with Gasteiger partial charge in [0.15, 0.2) is 0 Å². The number of nitriles is 1. The molecule has 6 heteroatoms. The average molecular weight is 484 g/mol. The van der Waals surface area contributed by atoms with Gasteiger partial charge in [-0.25, -0.2) is 0 Å². The molecule has 3 aromatic rings. The molecular formula is C22H21IN4O. The van der Waals surface area contributed by atoms with Crippen molar-refractivity contribution in [1.82, 2.24) is 9.88 Å². The van der Waals surface area contributed by atoms with Crippen molar-refractivity contribution >= 4 is 39.2 Å². The SMILES string of the molecule is N#Cc1c(N2CCNCC2)c2cc(CI)ccc2n(Cc2ccccc2)c1=O. The molecule has 0 amide bonds. The lowest BCUT2D eigenvalue weighted by atomic mass is 10.0. The van der Waals surface area contributed by atoms with Crippen molar-refractivity contribution in [3.63, 3.8) is 0 Å². The number of nitrogens with one attached hydrogen (secondary N) is 1. The highest BCUT2D eigenvalue weighted by atomic mass is 127. The van der Waals surface area contributed by atoms with Crippen LogP contribution in [0.15, 0.2) is 53.3 Å². The molecule has 1 N–H and O–H groups in total. The van der Waals surface area contributed by atoms with Crippen LogP contribution in [0.25, 0.3) is 10.9 Å². The summed E-state index contributed by atoms with van der Waals surface area (Å²) in [6, 6.07) is 18.4. The number of fused-ring (bicyclic) bond motifs is 1. The zero-order chi connectivity index (χ0) is 19.5. The topological polar surface area (TPSA) is 61.1 Å². The van der Waals surface area contributed by atoms with E-state index in [4.69, 9.17) is 0 Å². The molecule has 1 saturated heterocycles. The molecule has 1 fully saturated rings. The third-order valence-electron chi connectivity index (χ3n) is 5.19. The number of nitrogens with zero attached hydrogens (tertiary/aromatic N) is 3. The first-order valence-corrected chi connectivity index (χ1v) is 10.9. The van der Waals surface area contributed by atoms with E-state index in [-0.39, 0.29) is 11.1 Å². The maximum absolute atomic E-state index is 13.3. The number of rotatable bonds is 4. The van der Waals surface area contributed by atoms with Crippen molar-refractivity contribution in [1.29, 1.82) is 5.26 Å². The van der Waals surface area contributed by atoms with E-state index in [0.29, 0.717) is 6.54 Å². The molecule has 1 aromatic heterocycles. The number of aromatic nitrogens is 1. The maximum Gasteiger partial charge on any atom is 0.271 e. The molecule has 5 nitrogen and oxygen atoms in total. The zero-order valence-corrected chi connectivity index (χ0v) is 17.6. The van der Waals surface area contributed by atoms with Crippen LogP contribution < -0.4 is 15.8 Å². The molecule has 28 heavy (non-hydrogen) atoms. The number of pyridine rings is 1. The normalized spacial score (nSPS) is 14.2. The molecular weight excluding hydrogens is 463 g/mol. The van der Waals surface area contributed by atoms with Crippen LogP contribution in [0.1, 0.15) is 16.7 Å². The molecule has 1 aliphatic rings. The summed E-state index contributed by atoms with van der Waals surface area (Å²) in [7, 11) is 0. The smallest absolute Gasteiger partial charge is 0.271 e. The lowest BCUT2D eigenvalue weighted by Crippen LogP contribution is -2.44. The van der Waals surface area contributed by atoms with Crippen molar-refractivity contribution in [3.05, 3.63) is 75.6 Å². The summed E-state index contributed by atoms with van der Waals surface area (Å²) in [6.45, 7) is 3.74. The van der Waals surface area contributed by atoms with Gasteiger partial charge in [-0.3, -0.25) is 4.79 Å². The van der Waals surface area contributed by atoms with Crippen LogP contribution >= 0.6 is 22.6 Å². The van der Waals surface area contributed by atoms with Gasteiger partial charge in [-0.1, -0.05) is 59.0 Å². The van der Waals surface area contributed by atoms with E-state index in [1.807, 2.05) is 36.4 Å². The summed E-state index contributed by atoms with van der Waals surface area (Å²) >= 11 is 2.35. The van der Waals surface area contributed by atoms with E-state index in [0.717, 1.165) is 52.8 Å². The Morgan fingerprint density at radius 3 is 2.50 bits per heavy atom. The highest BCUT2D eigenvalue weighted by molar-refractivity contribution is 14.1. The molecule has 1 aliphatic heterocycles. The molecule has 0 bridgehead atoms. The molecule has 0 atom stereocenters. The molecule has 142 valence electrons. The van der Waals surface area contributed by atoms with Gasteiger partial charge in [0.05, 0.1) is 17.7 Å². The van der Waals surface area contributed by atoms with Crippen LogP contribution in [0, 0.1) is 11.3 Å². The Morgan fingerprint density at radius 1 is 1.07 bits per heavy atom. The minimum Gasteiger partial charge on any atom is -0.367 e. The van der Waals surface area contributed by atoms with Gasteiger partial charge in [0.2, 0.25) is 0 Å². The van der Waals surface area contributed by atoms with Gasteiger partial charge in [0.25, 0.3) is 5.56 Å². The number of anilines is 1. The number of benzene rings is 2. The zero-order valence-electron chi connectivity index (χ0n) is 15.5. The summed E-state index contributed by atoms with van der Waals surface area (Å²) in [5.41, 5.74) is 3.95. The minimum atomic E-state index is -0.213. The van der Waals surface area contributed by atoms with Crippen LogP contribution in [0.3, 0.4) is 0 Å². The van der Waals surface area contributed by atoms with E-state index < -0.39 is 0 Å². The second-order valence-corrected chi connectivity index (χ2v) is 7.70. The van der Waals surface area contributed by atoms with Gasteiger partial charge in [-0.15, -0.1) is 0 Å². The highest BCUT2D eigenvalue weighted by Crippen LogP contribution is 2.31. The number of piperazine rings is 1. The van der Waals surface area contributed by atoms with Gasteiger partial charge in [-0.2, -0.15) is 5.26 Å². The standard InChI is InChI=1S/C22H21IN4O/c23-13-17-6-7-20-18(12-17)21(26-10-8-25-9-11-26)19(14-24)22(28)27(20)15-16-4-2-1-3-5-16/h1-7,12,25H,8-11,13,15H2. The van der Waals surface area contributed by atoms with E-state index in [9.17, 15) is 10.1 Å². The fourth-order valence-electron chi connectivity index (χ4n) is 3.81. The first kappa shape index (κ1) is 19.0. The largest absolute Gasteiger partial charge is 0.367 e. The molecule has 4 rings (SSSR count). The van der Waals surface area contributed by atoms with Crippen molar-refractivity contribution < 1.29 is 0 Å². The molecule has 0 radical (unpaired) electrons. The van der Waals surface area contributed by atoms with Crippen molar-refractivity contribution in [2.24, 2.45) is 0 Å². The van der Waals surface area contributed by atoms with Crippen LogP contribution in [0.2, 0.25) is 0 Å². The van der Waals surface area contributed by atoms with Crippen LogP contribution in [-0.4, -0.2) is 30.7 Å². The molecule has 0 saturated carbocycles. The van der Waals surface area contributed by atoms with Crippen molar-refractivity contribution in [2.45, 2.75) is 11.0 Å². The summed E-state index contributed by atoms with van der Waals surface area (Å²) in [4.78, 5) is 15.5. The number of hydrogen-bond acceptors (Lipinski definition) is 4. The average Bonchev–Trinajstić information content (AvgIpc) is 2.76. The predicted molar refractivity (Wildman–Crippen MR) is 121 cm³/mol. The van der Waals surface area contributed by atoms with E-state index in [1.165, 1.54) is 5.56 Å². The Labute approximate surface area is 177 Å². The van der Waals surface area contributed by atoms with Gasteiger partial charge < -0.3 is 14.8 Å². The second kappa shape index (κ2) is 8.33. The summed E-state index contributed by atoms with van der Waals surface area (Å²) in [5.74, 6) is 0. The fraction of sp³-hybridized carbons (Fsp3) is 0.273. The van der Waals surface area contributed by atoms with Gasteiger partial charge in [0.1, 0.15) is 11.6 Å². The van der Waals surface area contributed by atoms with Gasteiger partial charge in [0, 0.05) is 36.0 Å². The van der Waals surface area contributed by atoms with Crippen LogP contribution in [0.4, 0.5) is 5.69 Å². The van der Waals surface area contributed by atoms with E-state index in [1.54, 1.807) is 4.57 Å². The Balaban J connectivity index is 1.99. The second-order valence-electron chi connectivity index (χ2n) is 6.93. The monoisotopic (exact) mass is 484 g/mol. The molecule has 0 spiro atoms. The Bertz CT molecular complexity index is 1100. The van der Waals surface area contributed by atoms with Crippen molar-refractivity contribution in [2.75, 3.05) is 31.1 Å². The Kier molecular flexibility index (Phi) is 5.64. The number of hydrogen-bond donors (Lipinski definition) is 1. The third kappa shape index (κ3) is 3.52. The number of halogens is 1. The Morgan fingerprint density at radius 2 is 1.82 bits per heavy atom. The van der Waals surface area contributed by atoms with Crippen LogP contribution in [-0.2, 0) is 11.0 Å². The maximum atomic E-state index is 13.3. The predicted octanol–water partition coefficient (Wildman–Crippen LogP) is 3.27. The van der Waals surface area contributed by atoms with Crippen molar-refractivity contribution in [3.8, 4) is 6.07 Å². The quantitative estimate of drug-likeness (QED) is 0.457. The minimum absolute atomic E-state index is 0.213. The summed E-state index contributed by atoms with van der Waals surface area (Å²) in [6.07, 6.45) is 0. The Hall–Kier alpha value is -2.37. The summed E-state index contributed by atoms with van der Waals surface area (Å²) < 4.78 is 2.63. The van der Waals surface area contributed by atoms with Gasteiger partial charge >= 0.3 is 0 Å².